The van der Waals surface area contributed by atoms with Gasteiger partial charge < -0.3 is 15.7 Å². The van der Waals surface area contributed by atoms with Crippen molar-refractivity contribution in [2.45, 2.75) is 39.7 Å². The van der Waals surface area contributed by atoms with Crippen LogP contribution in [0.3, 0.4) is 0 Å². The summed E-state index contributed by atoms with van der Waals surface area (Å²) >= 11 is 0. The van der Waals surface area contributed by atoms with Gasteiger partial charge in [0.15, 0.2) is 0 Å². The molecule has 0 saturated heterocycles. The molecule has 0 spiro atoms. The molecule has 21 heavy (non-hydrogen) atoms. The summed E-state index contributed by atoms with van der Waals surface area (Å²) in [6.07, 6.45) is 1.14. The highest BCUT2D eigenvalue weighted by molar-refractivity contribution is 5.82. The maximum Gasteiger partial charge on any atom is 0.326 e. The van der Waals surface area contributed by atoms with Gasteiger partial charge in [0.2, 0.25) is 0 Å². The first-order valence-electron chi connectivity index (χ1n) is 7.21. The summed E-state index contributed by atoms with van der Waals surface area (Å²) in [5, 5.41) is 14.3. The van der Waals surface area contributed by atoms with E-state index in [1.54, 1.807) is 0 Å². The third-order valence-electron chi connectivity index (χ3n) is 3.25. The lowest BCUT2D eigenvalue weighted by Crippen LogP contribution is -2.47. The van der Waals surface area contributed by atoms with Crippen LogP contribution in [0, 0.1) is 12.8 Å². The lowest BCUT2D eigenvalue weighted by molar-refractivity contribution is -0.139. The van der Waals surface area contributed by atoms with E-state index in [9.17, 15) is 9.59 Å². The Morgan fingerprint density at radius 1 is 1.24 bits per heavy atom. The minimum Gasteiger partial charge on any atom is -0.480 e. The van der Waals surface area contributed by atoms with Gasteiger partial charge in [-0.1, -0.05) is 38.1 Å². The zero-order valence-corrected chi connectivity index (χ0v) is 12.8. The van der Waals surface area contributed by atoms with E-state index < -0.39 is 18.0 Å². The highest BCUT2D eigenvalue weighted by Gasteiger charge is 2.20. The van der Waals surface area contributed by atoms with Crippen molar-refractivity contribution in [1.82, 2.24) is 10.6 Å². The number of nitrogens with one attached hydrogen (secondary N) is 2. The van der Waals surface area contributed by atoms with Crippen molar-refractivity contribution in [3.05, 3.63) is 35.4 Å². The van der Waals surface area contributed by atoms with E-state index in [-0.39, 0.29) is 5.92 Å². The minimum absolute atomic E-state index is 0.207. The fourth-order valence-electron chi connectivity index (χ4n) is 2.10. The Balaban J connectivity index is 2.39. The first kappa shape index (κ1) is 17.0. The molecule has 1 atom stereocenters. The molecule has 0 saturated carbocycles. The van der Waals surface area contributed by atoms with Crippen molar-refractivity contribution in [3.8, 4) is 0 Å². The second kappa shape index (κ2) is 8.29. The van der Waals surface area contributed by atoms with Crippen molar-refractivity contribution in [1.29, 1.82) is 0 Å². The Hall–Kier alpha value is -2.04. The van der Waals surface area contributed by atoms with Gasteiger partial charge in [-0.2, -0.15) is 0 Å². The van der Waals surface area contributed by atoms with Crippen LogP contribution in [0.2, 0.25) is 0 Å². The Morgan fingerprint density at radius 2 is 1.90 bits per heavy atom. The van der Waals surface area contributed by atoms with E-state index in [2.05, 4.69) is 10.6 Å². The molecule has 0 bridgehead atoms. The molecule has 5 heteroatoms. The summed E-state index contributed by atoms with van der Waals surface area (Å²) in [4.78, 5) is 22.8. The number of benzene rings is 1. The zero-order valence-electron chi connectivity index (χ0n) is 12.8. The second-order valence-corrected chi connectivity index (χ2v) is 5.60. The molecular formula is C16H24N2O3. The van der Waals surface area contributed by atoms with Crippen LogP contribution < -0.4 is 10.6 Å². The van der Waals surface area contributed by atoms with Crippen molar-refractivity contribution < 1.29 is 14.7 Å². The first-order valence-corrected chi connectivity index (χ1v) is 7.21. The quantitative estimate of drug-likeness (QED) is 0.721. The van der Waals surface area contributed by atoms with Gasteiger partial charge in [-0.25, -0.2) is 9.59 Å². The highest BCUT2D eigenvalue weighted by atomic mass is 16.4. The molecule has 0 fully saturated rings. The van der Waals surface area contributed by atoms with Gasteiger partial charge in [0.1, 0.15) is 6.04 Å². The molecule has 0 radical (unpaired) electrons. The molecular weight excluding hydrogens is 268 g/mol. The van der Waals surface area contributed by atoms with Crippen molar-refractivity contribution in [2.24, 2.45) is 5.92 Å². The van der Waals surface area contributed by atoms with E-state index >= 15 is 0 Å². The maximum absolute atomic E-state index is 11.7. The van der Waals surface area contributed by atoms with E-state index in [4.69, 9.17) is 5.11 Å². The average molecular weight is 292 g/mol. The molecule has 1 aromatic rings. The molecule has 0 aliphatic heterocycles. The summed E-state index contributed by atoms with van der Waals surface area (Å²) in [5.74, 6) is -0.795. The Bertz CT molecular complexity index is 486. The van der Waals surface area contributed by atoms with E-state index in [1.807, 2.05) is 45.0 Å². The number of carboxylic acids is 1. The van der Waals surface area contributed by atoms with Gasteiger partial charge >= 0.3 is 12.0 Å². The van der Waals surface area contributed by atoms with Crippen LogP contribution in [0.4, 0.5) is 4.79 Å². The SMILES string of the molecule is Cc1ccccc1CCNC(=O)N[C@@H](CC(C)C)C(=O)O. The molecule has 1 rings (SSSR count). The molecule has 1 aromatic carbocycles. The number of urea groups is 1. The van der Waals surface area contributed by atoms with Crippen LogP contribution in [-0.2, 0) is 11.2 Å². The predicted molar refractivity (Wildman–Crippen MR) is 82.3 cm³/mol. The van der Waals surface area contributed by atoms with Crippen LogP contribution in [0.15, 0.2) is 24.3 Å². The lowest BCUT2D eigenvalue weighted by Gasteiger charge is -2.17. The number of hydrogen-bond donors (Lipinski definition) is 3. The van der Waals surface area contributed by atoms with Gasteiger partial charge in [-0.3, -0.25) is 0 Å². The number of carbonyl (C=O) groups is 2. The van der Waals surface area contributed by atoms with Gasteiger partial charge in [0.25, 0.3) is 0 Å². The molecule has 3 N–H and O–H groups in total. The monoisotopic (exact) mass is 292 g/mol. The number of carboxylic acid groups (broad SMARTS) is 1. The number of aryl methyl sites for hydroxylation is 1. The smallest absolute Gasteiger partial charge is 0.326 e. The van der Waals surface area contributed by atoms with E-state index in [1.165, 1.54) is 11.1 Å². The predicted octanol–water partition coefficient (Wildman–Crippen LogP) is 2.34. The highest BCUT2D eigenvalue weighted by Crippen LogP contribution is 2.07. The lowest BCUT2D eigenvalue weighted by atomic mass is 10.0. The van der Waals surface area contributed by atoms with Crippen LogP contribution >= 0.6 is 0 Å². The van der Waals surface area contributed by atoms with Gasteiger partial charge in [0, 0.05) is 6.54 Å². The molecule has 5 nitrogen and oxygen atoms in total. The number of hydrogen-bond acceptors (Lipinski definition) is 2. The molecule has 0 aliphatic rings. The standard InChI is InChI=1S/C16H24N2O3/c1-11(2)10-14(15(19)20)18-16(21)17-9-8-13-7-5-4-6-12(13)3/h4-7,11,14H,8-10H2,1-3H3,(H,19,20)(H2,17,18,21)/t14-/m0/s1. The number of rotatable bonds is 7. The van der Waals surface area contributed by atoms with E-state index in [0.29, 0.717) is 13.0 Å². The van der Waals surface area contributed by atoms with E-state index in [0.717, 1.165) is 6.42 Å². The Morgan fingerprint density at radius 3 is 2.48 bits per heavy atom. The van der Waals surface area contributed by atoms with Gasteiger partial charge in [0.05, 0.1) is 0 Å². The summed E-state index contributed by atoms with van der Waals surface area (Å²) in [5.41, 5.74) is 2.36. The molecule has 0 aliphatic carbocycles. The van der Waals surface area contributed by atoms with Crippen molar-refractivity contribution >= 4 is 12.0 Å². The molecule has 0 aromatic heterocycles. The van der Waals surface area contributed by atoms with Crippen LogP contribution in [0.5, 0.6) is 0 Å². The molecule has 0 heterocycles. The topological polar surface area (TPSA) is 78.4 Å². The van der Waals surface area contributed by atoms with Gasteiger partial charge in [-0.05, 0) is 36.8 Å². The third-order valence-corrected chi connectivity index (χ3v) is 3.25. The fourth-order valence-corrected chi connectivity index (χ4v) is 2.10. The number of amides is 2. The second-order valence-electron chi connectivity index (χ2n) is 5.60. The zero-order chi connectivity index (χ0) is 15.8. The Kier molecular flexibility index (Phi) is 6.72. The summed E-state index contributed by atoms with van der Waals surface area (Å²) < 4.78 is 0. The minimum atomic E-state index is -1.00. The number of carbonyl (C=O) groups excluding carboxylic acids is 1. The van der Waals surface area contributed by atoms with Crippen LogP contribution in [0.1, 0.15) is 31.4 Å². The van der Waals surface area contributed by atoms with Gasteiger partial charge in [-0.15, -0.1) is 0 Å². The summed E-state index contributed by atoms with van der Waals surface area (Å²) in [6, 6.07) is 6.71. The van der Waals surface area contributed by atoms with Crippen molar-refractivity contribution in [3.63, 3.8) is 0 Å². The molecule has 116 valence electrons. The van der Waals surface area contributed by atoms with Crippen LogP contribution in [0.25, 0.3) is 0 Å². The Labute approximate surface area is 125 Å². The third kappa shape index (κ3) is 6.29. The summed E-state index contributed by atoms with van der Waals surface area (Å²) in [7, 11) is 0. The normalized spacial score (nSPS) is 12.0. The first-order chi connectivity index (χ1) is 9.90. The average Bonchev–Trinajstić information content (AvgIpc) is 2.39. The van der Waals surface area contributed by atoms with Crippen molar-refractivity contribution in [2.75, 3.05) is 6.54 Å². The maximum atomic E-state index is 11.7. The largest absolute Gasteiger partial charge is 0.480 e. The summed E-state index contributed by atoms with van der Waals surface area (Å²) in [6.45, 7) is 6.35. The number of aliphatic carboxylic acids is 1. The molecule has 2 amide bonds. The fraction of sp³-hybridized carbons (Fsp3) is 0.500. The molecule has 0 unspecified atom stereocenters. The van der Waals surface area contributed by atoms with Crippen LogP contribution in [-0.4, -0.2) is 29.7 Å².